The maximum atomic E-state index is 14.7. The molecule has 31 heavy (non-hydrogen) atoms. The number of imidazole rings is 1. The number of hydrogen-bond acceptors (Lipinski definition) is 6. The predicted octanol–water partition coefficient (Wildman–Crippen LogP) is 3.75. The first-order valence-corrected chi connectivity index (χ1v) is 9.27. The van der Waals surface area contributed by atoms with Crippen LogP contribution in [0.25, 0.3) is 27.8 Å². The monoisotopic (exact) mass is 420 g/mol. The first-order valence-electron chi connectivity index (χ1n) is 11.8. The van der Waals surface area contributed by atoms with Crippen LogP contribution in [0.5, 0.6) is 0 Å². The maximum absolute atomic E-state index is 14.7. The van der Waals surface area contributed by atoms with Gasteiger partial charge in [-0.15, -0.1) is 0 Å². The summed E-state index contributed by atoms with van der Waals surface area (Å²) in [6, 6.07) is 10.2. The molecule has 0 unspecified atom stereocenters. The number of nitrogens with one attached hydrogen (secondary N) is 2. The van der Waals surface area contributed by atoms with Crippen molar-refractivity contribution in [1.29, 1.82) is 0 Å². The second-order valence-electron chi connectivity index (χ2n) is 6.63. The number of anilines is 1. The molecule has 5 rings (SSSR count). The van der Waals surface area contributed by atoms with Crippen molar-refractivity contribution in [2.45, 2.75) is 19.3 Å². The molecule has 3 aromatic heterocycles. The summed E-state index contributed by atoms with van der Waals surface area (Å²) in [7, 11) is 0. The smallest absolute Gasteiger partial charge is 0.269 e. The molecule has 5 aromatic rings. The van der Waals surface area contributed by atoms with Gasteiger partial charge in [0.1, 0.15) is 28.9 Å². The molecule has 0 aliphatic carbocycles. The van der Waals surface area contributed by atoms with Crippen LogP contribution in [0.3, 0.4) is 0 Å². The fourth-order valence-electron chi connectivity index (χ4n) is 3.40. The van der Waals surface area contributed by atoms with Gasteiger partial charge in [-0.3, -0.25) is 9.36 Å². The fourth-order valence-corrected chi connectivity index (χ4v) is 3.40. The van der Waals surface area contributed by atoms with E-state index in [-0.39, 0.29) is 33.9 Å². The van der Waals surface area contributed by atoms with Gasteiger partial charge in [-0.2, -0.15) is 0 Å². The number of halogens is 1. The molecule has 0 fully saturated rings. The third kappa shape index (κ3) is 3.20. The van der Waals surface area contributed by atoms with Crippen LogP contribution in [0.15, 0.2) is 66.0 Å². The Balaban J connectivity index is 1.85. The van der Waals surface area contributed by atoms with E-state index in [0.717, 1.165) is 10.6 Å². The van der Waals surface area contributed by atoms with Crippen LogP contribution in [0, 0.1) is 5.82 Å². The van der Waals surface area contributed by atoms with Crippen LogP contribution in [0.4, 0.5) is 10.2 Å². The Hall–Kier alpha value is -4.14. The predicted molar refractivity (Wildman–Crippen MR) is 116 cm³/mol. The number of aromatic nitrogens is 6. The van der Waals surface area contributed by atoms with Gasteiger partial charge in [-0.05, 0) is 30.6 Å². The van der Waals surface area contributed by atoms with E-state index in [1.165, 1.54) is 24.8 Å². The molecule has 8 nitrogen and oxygen atoms in total. The molecule has 0 amide bonds. The minimum atomic E-state index is -3.15. The fraction of sp³-hybridized carbons (Fsp3) is 0.136. The zero-order valence-corrected chi connectivity index (χ0v) is 15.9. The van der Waals surface area contributed by atoms with Gasteiger partial charge in [0.2, 0.25) is 0 Å². The Morgan fingerprint density at radius 2 is 2.06 bits per heavy atom. The Morgan fingerprint density at radius 1 is 1.19 bits per heavy atom. The summed E-state index contributed by atoms with van der Waals surface area (Å²) in [6.07, 6.45) is -0.433. The average molecular weight is 420 g/mol. The Bertz CT molecular complexity index is 1640. The van der Waals surface area contributed by atoms with Crippen LogP contribution in [0.2, 0.25) is 0 Å². The molecule has 0 saturated carbocycles. The number of para-hydroxylation sites is 1. The SMILES string of the molecule is [2H]C([2H])([2H])C([2H])([2H])[C@H](Nc1ncnc2nc[nH]c12)c1nc2cccc(F)c2c(=O)n1-c1ccccc1. The molecule has 2 N–H and O–H groups in total. The summed E-state index contributed by atoms with van der Waals surface area (Å²) in [5.41, 5.74) is -0.0665. The second kappa shape index (κ2) is 7.60. The van der Waals surface area contributed by atoms with Gasteiger partial charge in [0.05, 0.1) is 23.6 Å². The summed E-state index contributed by atoms with van der Waals surface area (Å²) >= 11 is 0. The van der Waals surface area contributed by atoms with E-state index in [1.807, 2.05) is 0 Å². The molecule has 0 saturated heterocycles. The topological polar surface area (TPSA) is 101 Å². The Morgan fingerprint density at radius 3 is 2.90 bits per heavy atom. The summed E-state index contributed by atoms with van der Waals surface area (Å²) in [5, 5.41) is 2.51. The Labute approximate surface area is 182 Å². The number of benzene rings is 2. The van der Waals surface area contributed by atoms with Crippen LogP contribution in [-0.4, -0.2) is 29.5 Å². The van der Waals surface area contributed by atoms with Gasteiger partial charge in [0.25, 0.3) is 5.56 Å². The lowest BCUT2D eigenvalue weighted by Crippen LogP contribution is -2.28. The van der Waals surface area contributed by atoms with E-state index in [2.05, 4.69) is 30.2 Å². The molecule has 154 valence electrons. The van der Waals surface area contributed by atoms with Crippen molar-refractivity contribution in [3.05, 3.63) is 83.2 Å². The molecule has 1 atom stereocenters. The lowest BCUT2D eigenvalue weighted by atomic mass is 10.1. The van der Waals surface area contributed by atoms with Gasteiger partial charge in [-0.1, -0.05) is 31.1 Å². The van der Waals surface area contributed by atoms with E-state index >= 15 is 0 Å². The molecule has 0 bridgehead atoms. The van der Waals surface area contributed by atoms with Crippen LogP contribution in [0.1, 0.15) is 31.9 Å². The van der Waals surface area contributed by atoms with Crippen molar-refractivity contribution in [2.75, 3.05) is 5.32 Å². The van der Waals surface area contributed by atoms with E-state index in [9.17, 15) is 9.18 Å². The van der Waals surface area contributed by atoms with Crippen molar-refractivity contribution in [1.82, 2.24) is 29.5 Å². The average Bonchev–Trinajstić information content (AvgIpc) is 3.32. The van der Waals surface area contributed by atoms with Crippen molar-refractivity contribution in [2.24, 2.45) is 0 Å². The standard InChI is InChI=1S/C22H18FN7O/c1-2-15(28-20-18-19(25-11-24-18)26-12-27-20)21-29-16-10-6-9-14(23)17(16)22(31)30(21)13-7-4-3-5-8-13/h3-12,15H,2H2,1H3,(H2,24,25,26,27,28)/t15-/m0/s1/i1D3,2D2. The molecular weight excluding hydrogens is 397 g/mol. The highest BCUT2D eigenvalue weighted by molar-refractivity contribution is 5.82. The summed E-state index contributed by atoms with van der Waals surface area (Å²) < 4.78 is 56.8. The van der Waals surface area contributed by atoms with E-state index in [0.29, 0.717) is 5.52 Å². The van der Waals surface area contributed by atoms with Crippen LogP contribution >= 0.6 is 0 Å². The van der Waals surface area contributed by atoms with Crippen molar-refractivity contribution in [3.8, 4) is 5.69 Å². The van der Waals surface area contributed by atoms with E-state index in [4.69, 9.17) is 6.85 Å². The van der Waals surface area contributed by atoms with Gasteiger partial charge in [0.15, 0.2) is 11.5 Å². The third-order valence-electron chi connectivity index (χ3n) is 4.79. The van der Waals surface area contributed by atoms with Crippen molar-refractivity contribution in [3.63, 3.8) is 0 Å². The van der Waals surface area contributed by atoms with Gasteiger partial charge >= 0.3 is 0 Å². The van der Waals surface area contributed by atoms with E-state index < -0.39 is 30.6 Å². The zero-order chi connectivity index (χ0) is 25.7. The highest BCUT2D eigenvalue weighted by Crippen LogP contribution is 2.26. The van der Waals surface area contributed by atoms with Crippen LogP contribution < -0.4 is 10.9 Å². The molecular formula is C22H18FN7O. The lowest BCUT2D eigenvalue weighted by Gasteiger charge is -2.22. The number of H-pyrrole nitrogens is 1. The number of aromatic amines is 1. The molecule has 9 heteroatoms. The normalized spacial score (nSPS) is 15.6. The van der Waals surface area contributed by atoms with Crippen LogP contribution in [-0.2, 0) is 0 Å². The minimum Gasteiger partial charge on any atom is -0.358 e. The number of fused-ring (bicyclic) bond motifs is 2. The van der Waals surface area contributed by atoms with Gasteiger partial charge < -0.3 is 10.3 Å². The number of rotatable bonds is 5. The second-order valence-corrected chi connectivity index (χ2v) is 6.63. The molecule has 0 radical (unpaired) electrons. The third-order valence-corrected chi connectivity index (χ3v) is 4.79. The highest BCUT2D eigenvalue weighted by Gasteiger charge is 2.22. The summed E-state index contributed by atoms with van der Waals surface area (Å²) in [5.74, 6) is -1.04. The quantitative estimate of drug-likeness (QED) is 0.449. The first kappa shape index (κ1) is 14.0. The zero-order valence-electron chi connectivity index (χ0n) is 20.9. The molecule has 0 spiro atoms. The van der Waals surface area contributed by atoms with Crippen molar-refractivity contribution >= 4 is 27.9 Å². The van der Waals surface area contributed by atoms with Gasteiger partial charge in [-0.25, -0.2) is 24.3 Å². The van der Waals surface area contributed by atoms with E-state index in [1.54, 1.807) is 30.3 Å². The highest BCUT2D eigenvalue weighted by atomic mass is 19.1. The number of nitrogens with zero attached hydrogens (tertiary/aromatic N) is 5. The lowest BCUT2D eigenvalue weighted by molar-refractivity contribution is 0.630. The van der Waals surface area contributed by atoms with Crippen molar-refractivity contribution < 1.29 is 11.2 Å². The molecule has 3 heterocycles. The Kier molecular flexibility index (Phi) is 3.42. The summed E-state index contributed by atoms with van der Waals surface area (Å²) in [6.45, 7) is -3.15. The molecule has 0 aliphatic heterocycles. The van der Waals surface area contributed by atoms with Gasteiger partial charge in [0, 0.05) is 6.85 Å². The number of hydrogen-bond donors (Lipinski definition) is 2. The summed E-state index contributed by atoms with van der Waals surface area (Å²) in [4.78, 5) is 33.0. The minimum absolute atomic E-state index is 0.0452. The molecule has 0 aliphatic rings. The maximum Gasteiger partial charge on any atom is 0.269 e. The first-order chi connectivity index (χ1) is 17.1. The largest absolute Gasteiger partial charge is 0.358 e. The molecule has 2 aromatic carbocycles.